The van der Waals surface area contributed by atoms with Gasteiger partial charge in [-0.15, -0.1) is 0 Å². The van der Waals surface area contributed by atoms with Gasteiger partial charge in [-0.1, -0.05) is 6.10 Å². The van der Waals surface area contributed by atoms with Crippen LogP contribution < -0.4 is 24.0 Å². The van der Waals surface area contributed by atoms with Crippen LogP contribution in [0.5, 0.6) is 0 Å². The Hall–Kier alpha value is -0.0426. The molecule has 1 nitrogen and oxygen atoms in total. The first kappa shape index (κ1) is 11.0. The molecule has 0 atom stereocenters. The minimum Gasteiger partial charge on any atom is -0.845 e. The van der Waals surface area contributed by atoms with E-state index in [-0.39, 0.29) is 18.9 Å². The fourth-order valence-electron chi connectivity index (χ4n) is 1.04. The molecule has 62 valence electrons. The van der Waals surface area contributed by atoms with E-state index in [0.29, 0.717) is 0 Å². The van der Waals surface area contributed by atoms with Crippen LogP contribution in [0.2, 0.25) is 0 Å². The number of rotatable bonds is 2. The Morgan fingerprint density at radius 2 is 1.46 bits per heavy atom. The van der Waals surface area contributed by atoms with E-state index in [1.54, 1.807) is 22.7 Å². The molecule has 0 amide bonds. The Bertz CT molecular complexity index is 294. The quantitative estimate of drug-likeness (QED) is 0.588. The van der Waals surface area contributed by atoms with E-state index < -0.39 is 6.10 Å². The summed E-state index contributed by atoms with van der Waals surface area (Å²) in [7, 11) is 0. The van der Waals surface area contributed by atoms with Crippen LogP contribution in [0.15, 0.2) is 33.7 Å². The van der Waals surface area contributed by atoms with E-state index in [0.717, 1.165) is 11.1 Å². The van der Waals surface area contributed by atoms with Crippen LogP contribution >= 0.6 is 22.7 Å². The third kappa shape index (κ3) is 2.46. The van der Waals surface area contributed by atoms with Crippen LogP contribution in [-0.4, -0.2) is 0 Å². The molecule has 0 spiro atoms. The van der Waals surface area contributed by atoms with Crippen molar-refractivity contribution in [1.29, 1.82) is 0 Å². The summed E-state index contributed by atoms with van der Waals surface area (Å²) in [4.78, 5) is 0. The fourth-order valence-corrected chi connectivity index (χ4v) is 2.39. The third-order valence-electron chi connectivity index (χ3n) is 1.69. The van der Waals surface area contributed by atoms with Gasteiger partial charge in [0.15, 0.2) is 0 Å². The summed E-state index contributed by atoms with van der Waals surface area (Å²) in [5.74, 6) is 0. The molecule has 0 aliphatic carbocycles. The van der Waals surface area contributed by atoms with Gasteiger partial charge in [-0.2, -0.15) is 22.7 Å². The predicted octanol–water partition coefficient (Wildman–Crippen LogP) is -0.737. The molecule has 0 radical (unpaired) electrons. The predicted molar refractivity (Wildman–Crippen MR) is 50.5 cm³/mol. The van der Waals surface area contributed by atoms with Crippen molar-refractivity contribution in [2.45, 2.75) is 6.10 Å². The summed E-state index contributed by atoms with van der Waals surface area (Å²) >= 11 is 3.14. The Balaban J connectivity index is 0.000000845. The van der Waals surface area contributed by atoms with Crippen molar-refractivity contribution in [2.75, 3.05) is 0 Å². The monoisotopic (exact) mass is 202 g/mol. The smallest absolute Gasteiger partial charge is 0.845 e. The maximum Gasteiger partial charge on any atom is 1.00 e. The van der Waals surface area contributed by atoms with Gasteiger partial charge in [0.05, 0.1) is 0 Å². The molecule has 0 aromatic carbocycles. The van der Waals surface area contributed by atoms with E-state index in [2.05, 4.69) is 0 Å². The first-order chi connectivity index (χ1) is 5.88. The second-order valence-electron chi connectivity index (χ2n) is 2.49. The van der Waals surface area contributed by atoms with Crippen LogP contribution in [0, 0.1) is 0 Å². The fraction of sp³-hybridized carbons (Fsp3) is 0.111. The Labute approximate surface area is 97.2 Å². The van der Waals surface area contributed by atoms with Gasteiger partial charge in [0, 0.05) is 0 Å². The van der Waals surface area contributed by atoms with E-state index in [1.165, 1.54) is 0 Å². The number of hydrogen-bond acceptors (Lipinski definition) is 3. The molecule has 4 heteroatoms. The number of hydrogen-bond donors (Lipinski definition) is 0. The summed E-state index contributed by atoms with van der Waals surface area (Å²) in [5.41, 5.74) is 1.75. The first-order valence-corrected chi connectivity index (χ1v) is 5.46. The van der Waals surface area contributed by atoms with Gasteiger partial charge in [-0.3, -0.25) is 0 Å². The van der Waals surface area contributed by atoms with Crippen LogP contribution in [-0.2, 0) is 0 Å². The van der Waals surface area contributed by atoms with Crippen LogP contribution in [0.3, 0.4) is 0 Å². The minimum absolute atomic E-state index is 0. The van der Waals surface area contributed by atoms with E-state index >= 15 is 0 Å². The zero-order valence-corrected chi connectivity index (χ0v) is 8.90. The summed E-state index contributed by atoms with van der Waals surface area (Å²) < 4.78 is 0. The van der Waals surface area contributed by atoms with E-state index in [9.17, 15) is 5.11 Å². The topological polar surface area (TPSA) is 23.1 Å². The summed E-state index contributed by atoms with van der Waals surface area (Å²) in [5, 5.41) is 19.4. The van der Waals surface area contributed by atoms with Crippen molar-refractivity contribution in [1.82, 2.24) is 0 Å². The molecule has 2 aromatic heterocycles. The molecule has 2 heterocycles. The van der Waals surface area contributed by atoms with Gasteiger partial charge >= 0.3 is 18.9 Å². The summed E-state index contributed by atoms with van der Waals surface area (Å²) in [6.45, 7) is 0. The molecule has 2 rings (SSSR count). The average Bonchev–Trinajstić information content (AvgIpc) is 2.77. The molecule has 0 unspecified atom stereocenters. The normalized spacial score (nSPS) is 10.0. The zero-order chi connectivity index (χ0) is 8.39. The molecule has 0 saturated carbocycles. The molecule has 0 fully saturated rings. The maximum atomic E-state index is 11.7. The van der Waals surface area contributed by atoms with Gasteiger partial charge in [-0.05, 0) is 44.8 Å². The first-order valence-electron chi connectivity index (χ1n) is 3.58. The molecule has 2 aromatic rings. The van der Waals surface area contributed by atoms with E-state index in [1.807, 2.05) is 33.7 Å². The molecule has 0 aliphatic heterocycles. The SMILES string of the molecule is [Li+].[O-]C(c1ccsc1)c1ccsc1. The molecule has 0 bridgehead atoms. The van der Waals surface area contributed by atoms with Gasteiger partial charge < -0.3 is 5.11 Å². The maximum absolute atomic E-state index is 11.7. The van der Waals surface area contributed by atoms with Crippen molar-refractivity contribution < 1.29 is 24.0 Å². The Kier molecular flexibility index (Phi) is 4.24. The summed E-state index contributed by atoms with van der Waals surface area (Å²) in [6, 6.07) is 3.78. The van der Waals surface area contributed by atoms with E-state index in [4.69, 9.17) is 0 Å². The van der Waals surface area contributed by atoms with Gasteiger partial charge in [0.2, 0.25) is 0 Å². The van der Waals surface area contributed by atoms with Crippen LogP contribution in [0.25, 0.3) is 0 Å². The van der Waals surface area contributed by atoms with Crippen LogP contribution in [0.4, 0.5) is 0 Å². The minimum atomic E-state index is -0.692. The Morgan fingerprint density at radius 1 is 1.00 bits per heavy atom. The molecule has 13 heavy (non-hydrogen) atoms. The van der Waals surface area contributed by atoms with Crippen LogP contribution in [0.1, 0.15) is 17.2 Å². The zero-order valence-electron chi connectivity index (χ0n) is 7.27. The number of thiophene rings is 2. The van der Waals surface area contributed by atoms with Crippen molar-refractivity contribution in [3.05, 3.63) is 44.8 Å². The Morgan fingerprint density at radius 3 is 1.77 bits per heavy atom. The van der Waals surface area contributed by atoms with Gasteiger partial charge in [0.25, 0.3) is 0 Å². The van der Waals surface area contributed by atoms with Crippen molar-refractivity contribution >= 4 is 22.7 Å². The summed E-state index contributed by atoms with van der Waals surface area (Å²) in [6.07, 6.45) is -0.692. The largest absolute Gasteiger partial charge is 1.00 e. The average molecular weight is 202 g/mol. The molecular formula is C9H7LiOS2. The van der Waals surface area contributed by atoms with Crippen molar-refractivity contribution in [3.8, 4) is 0 Å². The molecular weight excluding hydrogens is 195 g/mol. The van der Waals surface area contributed by atoms with Gasteiger partial charge in [-0.25, -0.2) is 0 Å². The van der Waals surface area contributed by atoms with Crippen molar-refractivity contribution in [2.24, 2.45) is 0 Å². The second kappa shape index (κ2) is 4.99. The molecule has 0 N–H and O–H groups in total. The molecule has 0 aliphatic rings. The third-order valence-corrected chi connectivity index (χ3v) is 3.09. The van der Waals surface area contributed by atoms with Gasteiger partial charge in [0.1, 0.15) is 0 Å². The second-order valence-corrected chi connectivity index (χ2v) is 4.05. The molecule has 0 saturated heterocycles. The standard InChI is InChI=1S/C9H7OS2.Li/c10-9(7-1-3-11-5-7)8-2-4-12-6-8;/h1-6,9H;/q-1;+1. The van der Waals surface area contributed by atoms with Crippen molar-refractivity contribution in [3.63, 3.8) is 0 Å².